The molecule has 16 heavy (non-hydrogen) atoms. The van der Waals surface area contributed by atoms with Crippen molar-refractivity contribution in [2.24, 2.45) is 5.92 Å². The van der Waals surface area contributed by atoms with E-state index in [4.69, 9.17) is 10.6 Å². The first kappa shape index (κ1) is 9.66. The monoisotopic (exact) mass is 218 g/mol. The molecule has 1 aliphatic heterocycles. The fourth-order valence-electron chi connectivity index (χ4n) is 2.06. The predicted molar refractivity (Wildman–Crippen MR) is 60.6 cm³/mol. The van der Waals surface area contributed by atoms with E-state index in [0.717, 1.165) is 5.69 Å². The van der Waals surface area contributed by atoms with Gasteiger partial charge in [0, 0.05) is 5.69 Å². The van der Waals surface area contributed by atoms with Crippen LogP contribution >= 0.6 is 0 Å². The molecule has 2 fully saturated rings. The lowest BCUT2D eigenvalue weighted by Gasteiger charge is -2.16. The highest BCUT2D eigenvalue weighted by atomic mass is 16.7. The summed E-state index contributed by atoms with van der Waals surface area (Å²) in [6, 6.07) is 7.21. The van der Waals surface area contributed by atoms with Crippen LogP contribution in [-0.2, 0) is 9.63 Å². The Labute approximate surface area is 93.9 Å². The van der Waals surface area contributed by atoms with E-state index in [1.54, 1.807) is 12.1 Å². The Morgan fingerprint density at radius 3 is 2.88 bits per heavy atom. The molecular weight excluding hydrogens is 204 g/mol. The molecule has 1 aromatic carbocycles. The largest absolute Gasteiger partial charge is 0.399 e. The Bertz CT molecular complexity index is 429. The number of nitrogens with zero attached hydrogens (tertiary/aromatic N) is 1. The number of carbonyl (C=O) groups is 1. The van der Waals surface area contributed by atoms with Crippen molar-refractivity contribution in [3.63, 3.8) is 0 Å². The van der Waals surface area contributed by atoms with Crippen LogP contribution in [0.5, 0.6) is 0 Å². The summed E-state index contributed by atoms with van der Waals surface area (Å²) in [6.45, 7) is 0. The standard InChI is InChI=1S/C12H14N2O2/c13-9-2-1-3-10(6-9)14-12(15)7-11(16-14)8-4-5-8/h1-3,6,8,11H,4-5,7,13H2. The molecule has 1 saturated heterocycles. The highest BCUT2D eigenvalue weighted by molar-refractivity contribution is 5.93. The van der Waals surface area contributed by atoms with Crippen LogP contribution in [0.3, 0.4) is 0 Å². The van der Waals surface area contributed by atoms with E-state index in [-0.39, 0.29) is 12.0 Å². The second-order valence-corrected chi connectivity index (χ2v) is 4.47. The fraction of sp³-hybridized carbons (Fsp3) is 0.417. The molecule has 1 aliphatic carbocycles. The number of benzene rings is 1. The zero-order valence-corrected chi connectivity index (χ0v) is 8.93. The zero-order valence-electron chi connectivity index (χ0n) is 8.93. The van der Waals surface area contributed by atoms with Crippen LogP contribution in [0, 0.1) is 5.92 Å². The number of carbonyl (C=O) groups excluding carboxylic acids is 1. The summed E-state index contributed by atoms with van der Waals surface area (Å²) in [7, 11) is 0. The second kappa shape index (κ2) is 3.49. The first-order chi connectivity index (χ1) is 7.74. The van der Waals surface area contributed by atoms with Crippen molar-refractivity contribution < 1.29 is 9.63 Å². The van der Waals surface area contributed by atoms with E-state index in [2.05, 4.69) is 0 Å². The van der Waals surface area contributed by atoms with Crippen LogP contribution in [0.4, 0.5) is 11.4 Å². The molecule has 1 saturated carbocycles. The second-order valence-electron chi connectivity index (χ2n) is 4.47. The van der Waals surface area contributed by atoms with Gasteiger partial charge in [-0.15, -0.1) is 0 Å². The Morgan fingerprint density at radius 1 is 1.38 bits per heavy atom. The minimum Gasteiger partial charge on any atom is -0.399 e. The summed E-state index contributed by atoms with van der Waals surface area (Å²) in [6.07, 6.45) is 2.94. The molecule has 2 aliphatic rings. The Kier molecular flexibility index (Phi) is 2.11. The third kappa shape index (κ3) is 1.65. The van der Waals surface area contributed by atoms with Crippen LogP contribution < -0.4 is 10.8 Å². The number of amides is 1. The Hall–Kier alpha value is -1.55. The van der Waals surface area contributed by atoms with Crippen LogP contribution in [0.25, 0.3) is 0 Å². The van der Waals surface area contributed by atoms with Crippen LogP contribution in [-0.4, -0.2) is 12.0 Å². The number of hydrogen-bond acceptors (Lipinski definition) is 3. The lowest BCUT2D eigenvalue weighted by atomic mass is 10.2. The van der Waals surface area contributed by atoms with Gasteiger partial charge < -0.3 is 5.73 Å². The average Bonchev–Trinajstić information content (AvgIpc) is 3.02. The molecule has 1 aromatic rings. The van der Waals surface area contributed by atoms with Gasteiger partial charge >= 0.3 is 0 Å². The van der Waals surface area contributed by atoms with Crippen molar-refractivity contribution in [3.8, 4) is 0 Å². The van der Waals surface area contributed by atoms with E-state index < -0.39 is 0 Å². The molecule has 3 rings (SSSR count). The molecule has 0 bridgehead atoms. The van der Waals surface area contributed by atoms with Gasteiger partial charge in [0.05, 0.1) is 18.2 Å². The van der Waals surface area contributed by atoms with Crippen molar-refractivity contribution in [3.05, 3.63) is 24.3 Å². The molecule has 84 valence electrons. The van der Waals surface area contributed by atoms with Gasteiger partial charge in [-0.3, -0.25) is 9.63 Å². The van der Waals surface area contributed by atoms with Crippen LogP contribution in [0.1, 0.15) is 19.3 Å². The SMILES string of the molecule is Nc1cccc(N2OC(C3CC3)CC2=O)c1. The maximum absolute atomic E-state index is 11.8. The molecule has 0 aromatic heterocycles. The van der Waals surface area contributed by atoms with Crippen molar-refractivity contribution in [2.45, 2.75) is 25.4 Å². The van der Waals surface area contributed by atoms with E-state index in [9.17, 15) is 4.79 Å². The van der Waals surface area contributed by atoms with E-state index in [1.165, 1.54) is 17.9 Å². The number of anilines is 2. The van der Waals surface area contributed by atoms with E-state index in [1.807, 2.05) is 12.1 Å². The Morgan fingerprint density at radius 2 is 2.19 bits per heavy atom. The van der Waals surface area contributed by atoms with Gasteiger partial charge in [0.2, 0.25) is 0 Å². The van der Waals surface area contributed by atoms with Crippen LogP contribution in [0.15, 0.2) is 24.3 Å². The van der Waals surface area contributed by atoms with Gasteiger partial charge in [-0.05, 0) is 37.0 Å². The lowest BCUT2D eigenvalue weighted by Crippen LogP contribution is -2.23. The topological polar surface area (TPSA) is 55.6 Å². The van der Waals surface area contributed by atoms with Gasteiger partial charge in [-0.1, -0.05) is 6.07 Å². The minimum atomic E-state index is 0.0301. The van der Waals surface area contributed by atoms with Crippen molar-refractivity contribution >= 4 is 17.3 Å². The summed E-state index contributed by atoms with van der Waals surface area (Å²) in [5.41, 5.74) is 7.06. The summed E-state index contributed by atoms with van der Waals surface area (Å²) < 4.78 is 0. The number of hydrogen-bond donors (Lipinski definition) is 1. The zero-order chi connectivity index (χ0) is 11.1. The smallest absolute Gasteiger partial charge is 0.253 e. The Balaban J connectivity index is 1.81. The van der Waals surface area contributed by atoms with E-state index in [0.29, 0.717) is 18.0 Å². The van der Waals surface area contributed by atoms with Gasteiger partial charge in [0.25, 0.3) is 5.91 Å². The van der Waals surface area contributed by atoms with Crippen molar-refractivity contribution in [1.29, 1.82) is 0 Å². The van der Waals surface area contributed by atoms with Gasteiger partial charge in [0.1, 0.15) is 0 Å². The van der Waals surface area contributed by atoms with Crippen molar-refractivity contribution in [1.82, 2.24) is 0 Å². The van der Waals surface area contributed by atoms with Gasteiger partial charge in [-0.2, -0.15) is 5.06 Å². The van der Waals surface area contributed by atoms with Gasteiger partial charge in [0.15, 0.2) is 0 Å². The molecule has 1 unspecified atom stereocenters. The summed E-state index contributed by atoms with van der Waals surface area (Å²) in [4.78, 5) is 17.5. The average molecular weight is 218 g/mol. The molecule has 1 atom stereocenters. The first-order valence-electron chi connectivity index (χ1n) is 5.59. The maximum atomic E-state index is 11.8. The fourth-order valence-corrected chi connectivity index (χ4v) is 2.06. The molecule has 4 heteroatoms. The molecular formula is C12H14N2O2. The lowest BCUT2D eigenvalue weighted by molar-refractivity contribution is -0.119. The third-order valence-corrected chi connectivity index (χ3v) is 3.10. The minimum absolute atomic E-state index is 0.0301. The predicted octanol–water partition coefficient (Wildman–Crippen LogP) is 1.72. The maximum Gasteiger partial charge on any atom is 0.253 e. The number of nitrogens with two attached hydrogens (primary N) is 1. The van der Waals surface area contributed by atoms with Crippen molar-refractivity contribution in [2.75, 3.05) is 10.8 Å². The first-order valence-corrected chi connectivity index (χ1v) is 5.59. The molecule has 0 spiro atoms. The quantitative estimate of drug-likeness (QED) is 0.769. The molecule has 1 amide bonds. The summed E-state index contributed by atoms with van der Waals surface area (Å²) in [5.74, 6) is 0.609. The van der Waals surface area contributed by atoms with E-state index >= 15 is 0 Å². The summed E-state index contributed by atoms with van der Waals surface area (Å²) >= 11 is 0. The third-order valence-electron chi connectivity index (χ3n) is 3.10. The number of hydroxylamine groups is 1. The normalized spacial score (nSPS) is 25.1. The molecule has 2 N–H and O–H groups in total. The number of rotatable bonds is 2. The summed E-state index contributed by atoms with van der Waals surface area (Å²) in [5, 5.41) is 1.39. The highest BCUT2D eigenvalue weighted by Gasteiger charge is 2.41. The molecule has 0 radical (unpaired) electrons. The highest BCUT2D eigenvalue weighted by Crippen LogP contribution is 2.40. The number of nitrogen functional groups attached to an aromatic ring is 1. The van der Waals surface area contributed by atoms with Crippen LogP contribution in [0.2, 0.25) is 0 Å². The van der Waals surface area contributed by atoms with Gasteiger partial charge in [-0.25, -0.2) is 0 Å². The molecule has 1 heterocycles. The molecule has 4 nitrogen and oxygen atoms in total.